The van der Waals surface area contributed by atoms with Crippen molar-refractivity contribution in [2.24, 2.45) is 0 Å². The number of benzene rings is 4. The third-order valence-corrected chi connectivity index (χ3v) is 7.73. The molecule has 0 bridgehead atoms. The van der Waals surface area contributed by atoms with Crippen molar-refractivity contribution in [1.82, 2.24) is 14.9 Å². The highest BCUT2D eigenvalue weighted by molar-refractivity contribution is 5.75. The van der Waals surface area contributed by atoms with Gasteiger partial charge >= 0.3 is 6.09 Å². The van der Waals surface area contributed by atoms with Gasteiger partial charge in [0.05, 0.1) is 42.7 Å². The fourth-order valence-corrected chi connectivity index (χ4v) is 5.49. The van der Waals surface area contributed by atoms with E-state index < -0.39 is 12.4 Å². The van der Waals surface area contributed by atoms with E-state index in [1.54, 1.807) is 0 Å². The van der Waals surface area contributed by atoms with Crippen LogP contribution in [0.4, 0.5) is 4.79 Å². The molecule has 0 spiro atoms. The molecule has 224 valence electrons. The number of hydrogen-bond donors (Lipinski definition) is 2. The van der Waals surface area contributed by atoms with E-state index in [1.807, 2.05) is 85.2 Å². The van der Waals surface area contributed by atoms with Gasteiger partial charge in [-0.3, -0.25) is 0 Å². The average molecular weight is 590 g/mol. The summed E-state index contributed by atoms with van der Waals surface area (Å²) >= 11 is 0. The molecular formula is C36H35N3O5. The van der Waals surface area contributed by atoms with Crippen LogP contribution in [0.2, 0.25) is 0 Å². The Kier molecular flexibility index (Phi) is 9.12. The molecular weight excluding hydrogens is 554 g/mol. The van der Waals surface area contributed by atoms with Crippen LogP contribution in [0.25, 0.3) is 22.2 Å². The summed E-state index contributed by atoms with van der Waals surface area (Å²) in [5.41, 5.74) is 7.80. The first-order chi connectivity index (χ1) is 21.6. The molecule has 1 amide bonds. The number of amides is 1. The van der Waals surface area contributed by atoms with Gasteiger partial charge in [-0.2, -0.15) is 0 Å². The summed E-state index contributed by atoms with van der Waals surface area (Å²) in [4.78, 5) is 16.4. The van der Waals surface area contributed by atoms with E-state index >= 15 is 0 Å². The van der Waals surface area contributed by atoms with Crippen LogP contribution in [-0.2, 0) is 33.9 Å². The molecule has 0 aliphatic carbocycles. The number of carbonyl (C=O) groups excluding carboxylic acids is 1. The molecule has 6 rings (SSSR count). The van der Waals surface area contributed by atoms with Gasteiger partial charge in [-0.1, -0.05) is 85.5 Å². The summed E-state index contributed by atoms with van der Waals surface area (Å²) in [7, 11) is 0. The van der Waals surface area contributed by atoms with Crippen LogP contribution in [-0.4, -0.2) is 33.5 Å². The second-order valence-electron chi connectivity index (χ2n) is 10.8. The van der Waals surface area contributed by atoms with Gasteiger partial charge in [0, 0.05) is 18.5 Å². The molecule has 5 aromatic rings. The van der Waals surface area contributed by atoms with Crippen LogP contribution in [0.15, 0.2) is 116 Å². The summed E-state index contributed by atoms with van der Waals surface area (Å²) < 4.78 is 20.4. The molecule has 3 atom stereocenters. The third kappa shape index (κ3) is 6.89. The minimum Gasteiger partial charge on any atom is -0.445 e. The van der Waals surface area contributed by atoms with E-state index in [9.17, 15) is 9.90 Å². The molecule has 3 unspecified atom stereocenters. The van der Waals surface area contributed by atoms with Crippen molar-refractivity contribution >= 4 is 17.1 Å². The van der Waals surface area contributed by atoms with E-state index in [0.29, 0.717) is 19.5 Å². The van der Waals surface area contributed by atoms with E-state index in [4.69, 9.17) is 14.2 Å². The molecule has 1 aromatic heterocycles. The van der Waals surface area contributed by atoms with Crippen molar-refractivity contribution < 1.29 is 24.1 Å². The van der Waals surface area contributed by atoms with Gasteiger partial charge in [-0.05, 0) is 52.1 Å². The molecule has 8 nitrogen and oxygen atoms in total. The van der Waals surface area contributed by atoms with Gasteiger partial charge in [0.25, 0.3) is 0 Å². The van der Waals surface area contributed by atoms with Gasteiger partial charge in [0.1, 0.15) is 6.61 Å². The zero-order valence-corrected chi connectivity index (χ0v) is 24.3. The van der Waals surface area contributed by atoms with Crippen molar-refractivity contribution in [3.8, 4) is 11.1 Å². The Labute approximate surface area is 256 Å². The molecule has 1 saturated heterocycles. The standard InChI is InChI=1S/C36H35N3O5/c1-2-17-42-36(41)37-21-26-7-5-8-28(18-26)29-9-6-10-30(19-29)35-43-31(22-39-24-38-32-11-3-4-12-33(32)39)20-34(44-35)27-15-13-25(23-40)14-16-27/h2-16,18-19,24,31,34-35,40H,1,17,20-23H2,(H,37,41). The maximum absolute atomic E-state index is 11.9. The fraction of sp³-hybridized carbons (Fsp3) is 0.222. The first-order valence-corrected chi connectivity index (χ1v) is 14.7. The quantitative estimate of drug-likeness (QED) is 0.173. The van der Waals surface area contributed by atoms with Crippen molar-refractivity contribution in [1.29, 1.82) is 0 Å². The molecule has 44 heavy (non-hydrogen) atoms. The number of imidazole rings is 1. The van der Waals surface area contributed by atoms with Gasteiger partial charge in [0.2, 0.25) is 0 Å². The highest BCUT2D eigenvalue weighted by atomic mass is 16.7. The Balaban J connectivity index is 1.24. The Bertz CT molecular complexity index is 1730. The summed E-state index contributed by atoms with van der Waals surface area (Å²) in [6.45, 7) is 4.70. The SMILES string of the molecule is C=CCOC(=O)NCc1cccc(-c2cccc(C3OC(Cn4cnc5ccccc54)CC(c4ccc(CO)cc4)O3)c2)c1. The molecule has 0 radical (unpaired) electrons. The summed E-state index contributed by atoms with van der Waals surface area (Å²) in [6.07, 6.45) is 2.67. The smallest absolute Gasteiger partial charge is 0.407 e. The number of nitrogens with one attached hydrogen (secondary N) is 1. The number of rotatable bonds is 10. The van der Waals surface area contributed by atoms with Crippen molar-refractivity contribution in [3.63, 3.8) is 0 Å². The van der Waals surface area contributed by atoms with E-state index in [-0.39, 0.29) is 25.4 Å². The number of ether oxygens (including phenoxy) is 3. The number of aliphatic hydroxyl groups excluding tert-OH is 1. The molecule has 4 aromatic carbocycles. The number of hydrogen-bond acceptors (Lipinski definition) is 6. The zero-order valence-electron chi connectivity index (χ0n) is 24.3. The predicted octanol–water partition coefficient (Wildman–Crippen LogP) is 6.85. The highest BCUT2D eigenvalue weighted by Gasteiger charge is 2.32. The van der Waals surface area contributed by atoms with E-state index in [1.165, 1.54) is 6.08 Å². The van der Waals surface area contributed by atoms with Gasteiger partial charge in [-0.25, -0.2) is 9.78 Å². The molecule has 1 fully saturated rings. The first-order valence-electron chi connectivity index (χ1n) is 14.7. The molecule has 2 N–H and O–H groups in total. The number of aromatic nitrogens is 2. The van der Waals surface area contributed by atoms with E-state index in [0.717, 1.165) is 44.4 Å². The lowest BCUT2D eigenvalue weighted by molar-refractivity contribution is -0.252. The van der Waals surface area contributed by atoms with Crippen LogP contribution >= 0.6 is 0 Å². The molecule has 8 heteroatoms. The normalized spacial score (nSPS) is 18.2. The lowest BCUT2D eigenvalue weighted by atomic mass is 9.98. The largest absolute Gasteiger partial charge is 0.445 e. The van der Waals surface area contributed by atoms with Gasteiger partial charge < -0.3 is 29.2 Å². The lowest BCUT2D eigenvalue weighted by Crippen LogP contribution is -2.32. The number of nitrogens with zero attached hydrogens (tertiary/aromatic N) is 2. The monoisotopic (exact) mass is 589 g/mol. The van der Waals surface area contributed by atoms with Crippen molar-refractivity contribution in [2.75, 3.05) is 6.61 Å². The van der Waals surface area contributed by atoms with Gasteiger partial charge in [-0.15, -0.1) is 0 Å². The number of para-hydroxylation sites is 2. The van der Waals surface area contributed by atoms with Crippen molar-refractivity contribution in [2.45, 2.75) is 44.6 Å². The topological polar surface area (TPSA) is 94.8 Å². The second-order valence-corrected chi connectivity index (χ2v) is 10.8. The highest BCUT2D eigenvalue weighted by Crippen LogP contribution is 2.39. The van der Waals surface area contributed by atoms with Crippen LogP contribution in [0.1, 0.15) is 41.1 Å². The molecule has 1 aliphatic rings. The summed E-state index contributed by atoms with van der Waals surface area (Å²) in [5, 5.41) is 12.3. The average Bonchev–Trinajstić information content (AvgIpc) is 3.49. The van der Waals surface area contributed by atoms with Gasteiger partial charge in [0.15, 0.2) is 6.29 Å². The Morgan fingerprint density at radius 2 is 1.75 bits per heavy atom. The molecule has 2 heterocycles. The number of alkyl carbamates (subject to hydrolysis) is 1. The minimum absolute atomic E-state index is 0.00266. The van der Waals surface area contributed by atoms with Crippen molar-refractivity contribution in [3.05, 3.63) is 138 Å². The number of aliphatic hydroxyl groups is 1. The fourth-order valence-electron chi connectivity index (χ4n) is 5.49. The third-order valence-electron chi connectivity index (χ3n) is 7.73. The Hall–Kier alpha value is -4.76. The predicted molar refractivity (Wildman–Crippen MR) is 168 cm³/mol. The molecule has 1 aliphatic heterocycles. The first kappa shape index (κ1) is 29.3. The maximum Gasteiger partial charge on any atom is 0.407 e. The summed E-state index contributed by atoms with van der Waals surface area (Å²) in [6, 6.07) is 32.2. The zero-order chi connectivity index (χ0) is 30.3. The lowest BCUT2D eigenvalue weighted by Gasteiger charge is -2.36. The van der Waals surface area contributed by atoms with Crippen LogP contribution in [0, 0.1) is 0 Å². The van der Waals surface area contributed by atoms with Crippen LogP contribution in [0.3, 0.4) is 0 Å². The minimum atomic E-state index is -0.588. The summed E-state index contributed by atoms with van der Waals surface area (Å²) in [5.74, 6) is 0. The molecule has 0 saturated carbocycles. The second kappa shape index (κ2) is 13.7. The number of carbonyl (C=O) groups is 1. The van der Waals surface area contributed by atoms with Crippen LogP contribution in [0.5, 0.6) is 0 Å². The van der Waals surface area contributed by atoms with E-state index in [2.05, 4.69) is 39.6 Å². The Morgan fingerprint density at radius 3 is 2.57 bits per heavy atom. The Morgan fingerprint density at radius 1 is 0.955 bits per heavy atom. The maximum atomic E-state index is 11.9. The van der Waals surface area contributed by atoms with Crippen LogP contribution < -0.4 is 5.32 Å². The number of fused-ring (bicyclic) bond motifs is 1.